The van der Waals surface area contributed by atoms with Crippen molar-refractivity contribution >= 4 is 11.7 Å². The Labute approximate surface area is 53.5 Å². The lowest BCUT2D eigenvalue weighted by Crippen LogP contribution is -2.12. The number of nitrogens with two attached hydrogens (primary N) is 1. The van der Waals surface area contributed by atoms with Crippen molar-refractivity contribution in [1.82, 2.24) is 0 Å². The van der Waals surface area contributed by atoms with Crippen LogP contribution in [0.3, 0.4) is 0 Å². The average molecular weight is 127 g/mol. The average Bonchev–Trinajstić information content (AvgIpc) is 1.63. The van der Waals surface area contributed by atoms with E-state index in [2.05, 4.69) is 0 Å². The highest BCUT2D eigenvalue weighted by molar-refractivity contribution is 5.99. The van der Waals surface area contributed by atoms with Gasteiger partial charge in [0.2, 0.25) is 5.91 Å². The van der Waals surface area contributed by atoms with Crippen LogP contribution in [0, 0.1) is 0 Å². The molecule has 0 bridgehead atoms. The number of amides is 1. The predicted molar refractivity (Wildman–Crippen MR) is 33.6 cm³/mol. The van der Waals surface area contributed by atoms with Gasteiger partial charge in [0.05, 0.1) is 0 Å². The van der Waals surface area contributed by atoms with Crippen molar-refractivity contribution in [2.75, 3.05) is 0 Å². The van der Waals surface area contributed by atoms with Crippen LogP contribution in [0.1, 0.15) is 13.8 Å². The number of primary amides is 1. The monoisotopic (exact) mass is 127 g/mol. The van der Waals surface area contributed by atoms with Crippen molar-refractivity contribution in [3.8, 4) is 0 Å². The summed E-state index contributed by atoms with van der Waals surface area (Å²) in [6.07, 6.45) is 1.21. The van der Waals surface area contributed by atoms with Gasteiger partial charge in [0, 0.05) is 5.57 Å². The van der Waals surface area contributed by atoms with Crippen LogP contribution in [0.4, 0.5) is 0 Å². The summed E-state index contributed by atoms with van der Waals surface area (Å²) < 4.78 is 0. The summed E-state index contributed by atoms with van der Waals surface area (Å²) in [6.45, 7) is 2.87. The van der Waals surface area contributed by atoms with Crippen LogP contribution in [0.15, 0.2) is 11.6 Å². The van der Waals surface area contributed by atoms with E-state index >= 15 is 0 Å². The molecule has 0 aromatic carbocycles. The van der Waals surface area contributed by atoms with E-state index in [9.17, 15) is 9.59 Å². The molecule has 2 N–H and O–H groups in total. The zero-order valence-corrected chi connectivity index (χ0v) is 5.47. The summed E-state index contributed by atoms with van der Waals surface area (Å²) in [6, 6.07) is 0. The molecule has 0 aliphatic carbocycles. The van der Waals surface area contributed by atoms with E-state index in [0.717, 1.165) is 0 Å². The van der Waals surface area contributed by atoms with Gasteiger partial charge in [0.25, 0.3) is 0 Å². The lowest BCUT2D eigenvalue weighted by molar-refractivity contribution is -0.116. The second kappa shape index (κ2) is 3.02. The summed E-state index contributed by atoms with van der Waals surface area (Å²) >= 11 is 0. The fraction of sp³-hybridized carbons (Fsp3) is 0.333. The molecular weight excluding hydrogens is 118 g/mol. The highest BCUT2D eigenvalue weighted by atomic mass is 16.1. The van der Waals surface area contributed by atoms with Gasteiger partial charge in [0.1, 0.15) is 0 Å². The van der Waals surface area contributed by atoms with Crippen LogP contribution < -0.4 is 5.73 Å². The quantitative estimate of drug-likeness (QED) is 0.531. The maximum atomic E-state index is 10.3. The number of rotatable bonds is 2. The fourth-order valence-corrected chi connectivity index (χ4v) is 0.376. The van der Waals surface area contributed by atoms with Gasteiger partial charge in [-0.2, -0.15) is 0 Å². The largest absolute Gasteiger partial charge is 0.366 e. The molecule has 50 valence electrons. The minimum absolute atomic E-state index is 0.161. The molecule has 3 nitrogen and oxygen atoms in total. The number of ketones is 1. The van der Waals surface area contributed by atoms with Crippen LogP contribution in [0.25, 0.3) is 0 Å². The van der Waals surface area contributed by atoms with Gasteiger partial charge in [-0.25, -0.2) is 0 Å². The first kappa shape index (κ1) is 7.88. The molecule has 0 spiro atoms. The first-order chi connectivity index (χ1) is 4.04. The summed E-state index contributed by atoms with van der Waals surface area (Å²) in [7, 11) is 0. The molecular formula is C6H9NO2. The van der Waals surface area contributed by atoms with Gasteiger partial charge in [-0.3, -0.25) is 9.59 Å². The van der Waals surface area contributed by atoms with Crippen molar-refractivity contribution in [3.05, 3.63) is 11.6 Å². The Hall–Kier alpha value is -1.12. The molecule has 0 aliphatic rings. The maximum absolute atomic E-state index is 10.3. The number of hydrogen-bond acceptors (Lipinski definition) is 2. The molecule has 1 amide bonds. The van der Waals surface area contributed by atoms with Gasteiger partial charge >= 0.3 is 0 Å². The number of hydrogen-bond donors (Lipinski definition) is 1. The van der Waals surface area contributed by atoms with E-state index in [0.29, 0.717) is 5.57 Å². The van der Waals surface area contributed by atoms with E-state index in [1.54, 1.807) is 0 Å². The van der Waals surface area contributed by atoms with Gasteiger partial charge in [-0.05, 0) is 19.9 Å². The third-order valence-electron chi connectivity index (χ3n) is 0.808. The van der Waals surface area contributed by atoms with E-state index in [4.69, 9.17) is 5.73 Å². The zero-order chi connectivity index (χ0) is 7.44. The minimum atomic E-state index is -0.551. The van der Waals surface area contributed by atoms with Gasteiger partial charge < -0.3 is 5.73 Å². The third kappa shape index (κ3) is 3.46. The molecule has 0 aliphatic heterocycles. The minimum Gasteiger partial charge on any atom is -0.366 e. The van der Waals surface area contributed by atoms with E-state index in [1.165, 1.54) is 19.9 Å². The van der Waals surface area contributed by atoms with E-state index in [1.807, 2.05) is 0 Å². The normalized spacial score (nSPS) is 11.1. The molecule has 0 fully saturated rings. The topological polar surface area (TPSA) is 60.2 Å². The molecule has 0 saturated heterocycles. The first-order valence-corrected chi connectivity index (χ1v) is 2.52. The summed E-state index contributed by atoms with van der Waals surface area (Å²) in [4.78, 5) is 20.5. The Kier molecular flexibility index (Phi) is 2.64. The van der Waals surface area contributed by atoms with Crippen LogP contribution >= 0.6 is 0 Å². The Morgan fingerprint density at radius 1 is 1.33 bits per heavy atom. The molecule has 0 atom stereocenters. The zero-order valence-electron chi connectivity index (χ0n) is 5.47. The molecule has 0 unspecified atom stereocenters. The van der Waals surface area contributed by atoms with Crippen LogP contribution in [0.2, 0.25) is 0 Å². The van der Waals surface area contributed by atoms with Crippen molar-refractivity contribution < 1.29 is 9.59 Å². The smallest absolute Gasteiger partial charge is 0.244 e. The molecule has 0 aromatic heterocycles. The second-order valence-corrected chi connectivity index (χ2v) is 1.80. The van der Waals surface area contributed by atoms with Crippen LogP contribution in [0.5, 0.6) is 0 Å². The number of allylic oxidation sites excluding steroid dienone is 1. The maximum Gasteiger partial charge on any atom is 0.244 e. The Morgan fingerprint density at radius 2 is 1.78 bits per heavy atom. The lowest BCUT2D eigenvalue weighted by atomic mass is 10.2. The van der Waals surface area contributed by atoms with Gasteiger partial charge in [-0.15, -0.1) is 0 Å². The second-order valence-electron chi connectivity index (χ2n) is 1.80. The van der Waals surface area contributed by atoms with E-state index < -0.39 is 5.91 Å². The predicted octanol–water partition coefficient (Wildman–Crippen LogP) is 0.00700. The van der Waals surface area contributed by atoms with Gasteiger partial charge in [0.15, 0.2) is 5.78 Å². The standard InChI is InChI=1S/C6H9NO2/c1-4(6(7)9)3-5(2)8/h3H,1-2H3,(H2,7,9)/b4-3-. The Balaban J connectivity index is 4.17. The van der Waals surface area contributed by atoms with Crippen molar-refractivity contribution in [1.29, 1.82) is 0 Å². The van der Waals surface area contributed by atoms with Crippen molar-refractivity contribution in [2.45, 2.75) is 13.8 Å². The third-order valence-corrected chi connectivity index (χ3v) is 0.808. The van der Waals surface area contributed by atoms with Crippen LogP contribution in [-0.4, -0.2) is 11.7 Å². The molecule has 3 heteroatoms. The number of carbonyl (C=O) groups is 2. The molecule has 9 heavy (non-hydrogen) atoms. The molecule has 0 saturated carbocycles. The highest BCUT2D eigenvalue weighted by Gasteiger charge is 1.96. The summed E-state index contributed by atoms with van der Waals surface area (Å²) in [5.41, 5.74) is 5.12. The molecule has 0 radical (unpaired) electrons. The SMILES string of the molecule is CC(=O)/C=C(/C)C(N)=O. The van der Waals surface area contributed by atoms with Crippen molar-refractivity contribution in [2.24, 2.45) is 5.73 Å². The summed E-state index contributed by atoms with van der Waals surface area (Å²) in [5, 5.41) is 0. The lowest BCUT2D eigenvalue weighted by Gasteiger charge is -1.88. The highest BCUT2D eigenvalue weighted by Crippen LogP contribution is 1.88. The van der Waals surface area contributed by atoms with E-state index in [-0.39, 0.29) is 5.78 Å². The van der Waals surface area contributed by atoms with Gasteiger partial charge in [-0.1, -0.05) is 0 Å². The van der Waals surface area contributed by atoms with Crippen LogP contribution in [-0.2, 0) is 9.59 Å². The molecule has 0 heterocycles. The Bertz CT molecular complexity index is 170. The first-order valence-electron chi connectivity index (χ1n) is 2.52. The molecule has 0 rings (SSSR count). The molecule has 0 aromatic rings. The Morgan fingerprint density at radius 3 is 1.89 bits per heavy atom. The summed E-state index contributed by atoms with van der Waals surface area (Å²) in [5.74, 6) is -0.712. The fourth-order valence-electron chi connectivity index (χ4n) is 0.376. The number of carbonyl (C=O) groups excluding carboxylic acids is 2. The van der Waals surface area contributed by atoms with Crippen molar-refractivity contribution in [3.63, 3.8) is 0 Å².